The summed E-state index contributed by atoms with van der Waals surface area (Å²) in [7, 11) is 0. The third-order valence-electron chi connectivity index (χ3n) is 5.41. The van der Waals surface area contributed by atoms with Gasteiger partial charge in [-0.1, -0.05) is 60.6 Å². The molecule has 0 aromatic heterocycles. The first-order chi connectivity index (χ1) is 13.1. The van der Waals surface area contributed by atoms with E-state index in [1.165, 1.54) is 11.1 Å². The van der Waals surface area contributed by atoms with E-state index in [0.717, 1.165) is 36.2 Å². The summed E-state index contributed by atoms with van der Waals surface area (Å²) in [5, 5.41) is 15.1. The van der Waals surface area contributed by atoms with Gasteiger partial charge >= 0.3 is 0 Å². The summed E-state index contributed by atoms with van der Waals surface area (Å²) in [5.74, 6) is -1.27. The highest BCUT2D eigenvalue weighted by Gasteiger charge is 2.27. The first-order valence-corrected chi connectivity index (χ1v) is 9.46. The van der Waals surface area contributed by atoms with E-state index in [-0.39, 0.29) is 12.0 Å². The van der Waals surface area contributed by atoms with Crippen LogP contribution in [-0.2, 0) is 22.6 Å². The van der Waals surface area contributed by atoms with Crippen molar-refractivity contribution in [1.82, 2.24) is 4.90 Å². The van der Waals surface area contributed by atoms with Gasteiger partial charge in [-0.2, -0.15) is 0 Å². The Bertz CT molecular complexity index is 837. The number of carboxylic acids is 1. The van der Waals surface area contributed by atoms with Crippen molar-refractivity contribution in [3.63, 3.8) is 0 Å². The van der Waals surface area contributed by atoms with Gasteiger partial charge in [-0.05, 0) is 28.7 Å². The molecular formula is C22H23N2O3-. The van der Waals surface area contributed by atoms with Gasteiger partial charge in [-0.15, -0.1) is 0 Å². The molecule has 140 valence electrons. The van der Waals surface area contributed by atoms with Crippen LogP contribution < -0.4 is 5.11 Å². The minimum Gasteiger partial charge on any atom is -0.550 e. The second-order valence-electron chi connectivity index (χ2n) is 7.34. The Hall–Kier alpha value is -2.66. The number of carboxylic acid groups (broad SMARTS) is 1. The molecule has 0 N–H and O–H groups in total. The van der Waals surface area contributed by atoms with Crippen molar-refractivity contribution < 1.29 is 14.7 Å². The molecule has 4 rings (SSSR count). The fourth-order valence-electron chi connectivity index (χ4n) is 3.60. The van der Waals surface area contributed by atoms with Crippen LogP contribution in [0.3, 0.4) is 0 Å². The van der Waals surface area contributed by atoms with Crippen LogP contribution in [0.25, 0.3) is 0 Å². The van der Waals surface area contributed by atoms with E-state index in [1.807, 2.05) is 0 Å². The van der Waals surface area contributed by atoms with Crippen LogP contribution in [0.1, 0.15) is 41.7 Å². The number of benzene rings is 2. The molecule has 0 saturated carbocycles. The number of likely N-dealkylation sites (tertiary alicyclic amines) is 1. The minimum absolute atomic E-state index is 0.0202. The number of oxime groups is 1. The zero-order valence-corrected chi connectivity index (χ0v) is 15.4. The van der Waals surface area contributed by atoms with Gasteiger partial charge in [0.1, 0.15) is 0 Å². The van der Waals surface area contributed by atoms with E-state index in [9.17, 15) is 9.90 Å². The second-order valence-corrected chi connectivity index (χ2v) is 7.34. The largest absolute Gasteiger partial charge is 0.550 e. The van der Waals surface area contributed by atoms with Gasteiger partial charge in [-0.3, -0.25) is 4.90 Å². The summed E-state index contributed by atoms with van der Waals surface area (Å²) < 4.78 is 0. The molecule has 0 aliphatic carbocycles. The molecule has 5 nitrogen and oxygen atoms in total. The van der Waals surface area contributed by atoms with E-state index in [1.54, 1.807) is 0 Å². The van der Waals surface area contributed by atoms with Gasteiger partial charge in [0, 0.05) is 37.9 Å². The molecule has 1 atom stereocenters. The Morgan fingerprint density at radius 3 is 2.41 bits per heavy atom. The maximum Gasteiger partial charge on any atom is 0.158 e. The average Bonchev–Trinajstić information content (AvgIpc) is 3.15. The molecule has 2 aromatic rings. The molecule has 0 spiro atoms. The molecule has 27 heavy (non-hydrogen) atoms. The summed E-state index contributed by atoms with van der Waals surface area (Å²) in [4.78, 5) is 18.5. The Balaban J connectivity index is 1.33. The first kappa shape index (κ1) is 17.7. The van der Waals surface area contributed by atoms with E-state index in [4.69, 9.17) is 4.84 Å². The van der Waals surface area contributed by atoms with Crippen molar-refractivity contribution >= 4 is 11.7 Å². The topological polar surface area (TPSA) is 65.0 Å². The smallest absolute Gasteiger partial charge is 0.158 e. The number of hydrogen-bond acceptors (Lipinski definition) is 5. The standard InChI is InChI=1S/C22H24N2O3/c1-2-15-3-9-18(10-4-15)21-11-20(23-27-21)17-7-5-16(6-8-17)12-24-13-19(14-24)22(25)26/h3-10,19,21H,2,11-14H2,1H3,(H,25,26)/p-1. The van der Waals surface area contributed by atoms with E-state index >= 15 is 0 Å². The van der Waals surface area contributed by atoms with Crippen molar-refractivity contribution in [2.45, 2.75) is 32.4 Å². The molecule has 0 amide bonds. The molecular weight excluding hydrogens is 340 g/mol. The molecule has 0 bridgehead atoms. The highest BCUT2D eigenvalue weighted by atomic mass is 16.6. The molecule has 2 aliphatic heterocycles. The Morgan fingerprint density at radius 1 is 1.11 bits per heavy atom. The number of aryl methyl sites for hydroxylation is 1. The van der Waals surface area contributed by atoms with E-state index in [0.29, 0.717) is 13.1 Å². The van der Waals surface area contributed by atoms with Crippen molar-refractivity contribution in [2.75, 3.05) is 13.1 Å². The van der Waals surface area contributed by atoms with Crippen LogP contribution in [0.5, 0.6) is 0 Å². The number of aliphatic carboxylic acids is 1. The highest BCUT2D eigenvalue weighted by Crippen LogP contribution is 2.30. The summed E-state index contributed by atoms with van der Waals surface area (Å²) >= 11 is 0. The summed E-state index contributed by atoms with van der Waals surface area (Å²) in [6.45, 7) is 4.06. The van der Waals surface area contributed by atoms with Crippen molar-refractivity contribution in [1.29, 1.82) is 0 Å². The Labute approximate surface area is 159 Å². The number of nitrogens with zero attached hydrogens (tertiary/aromatic N) is 2. The maximum absolute atomic E-state index is 10.8. The van der Waals surface area contributed by atoms with Gasteiger partial charge in [0.05, 0.1) is 5.71 Å². The minimum atomic E-state index is -0.945. The molecule has 1 unspecified atom stereocenters. The fourth-order valence-corrected chi connectivity index (χ4v) is 3.60. The van der Waals surface area contributed by atoms with Crippen molar-refractivity contribution in [3.8, 4) is 0 Å². The predicted octanol–water partition coefficient (Wildman–Crippen LogP) is 2.30. The highest BCUT2D eigenvalue weighted by molar-refractivity contribution is 6.01. The summed E-state index contributed by atoms with van der Waals surface area (Å²) in [5.41, 5.74) is 5.68. The summed E-state index contributed by atoms with van der Waals surface area (Å²) in [6, 6.07) is 16.8. The van der Waals surface area contributed by atoms with Crippen LogP contribution in [0.4, 0.5) is 0 Å². The Morgan fingerprint density at radius 2 is 1.78 bits per heavy atom. The fraction of sp³-hybridized carbons (Fsp3) is 0.364. The molecule has 1 fully saturated rings. The number of rotatable bonds is 6. The third kappa shape index (κ3) is 3.88. The maximum atomic E-state index is 10.8. The second kappa shape index (κ2) is 7.53. The molecule has 5 heteroatoms. The number of carbonyl (C=O) groups is 1. The van der Waals surface area contributed by atoms with Crippen LogP contribution in [0, 0.1) is 5.92 Å². The zero-order chi connectivity index (χ0) is 18.8. The van der Waals surface area contributed by atoms with E-state index < -0.39 is 5.97 Å². The van der Waals surface area contributed by atoms with Gasteiger partial charge in [-0.25, -0.2) is 0 Å². The quantitative estimate of drug-likeness (QED) is 0.790. The summed E-state index contributed by atoms with van der Waals surface area (Å²) in [6.07, 6.45) is 1.78. The van der Waals surface area contributed by atoms with Crippen LogP contribution >= 0.6 is 0 Å². The lowest BCUT2D eigenvalue weighted by molar-refractivity contribution is -0.315. The van der Waals surface area contributed by atoms with Crippen LogP contribution in [0.2, 0.25) is 0 Å². The van der Waals surface area contributed by atoms with Crippen molar-refractivity contribution in [2.24, 2.45) is 11.1 Å². The molecule has 0 radical (unpaired) electrons. The molecule has 2 aromatic carbocycles. The first-order valence-electron chi connectivity index (χ1n) is 9.46. The predicted molar refractivity (Wildman–Crippen MR) is 101 cm³/mol. The monoisotopic (exact) mass is 363 g/mol. The van der Waals surface area contributed by atoms with Gasteiger partial charge in [0.2, 0.25) is 0 Å². The SMILES string of the molecule is CCc1ccc(C2CC(c3ccc(CN4CC(C(=O)[O-])C4)cc3)=NO2)cc1. The lowest BCUT2D eigenvalue weighted by Crippen LogP contribution is -2.53. The van der Waals surface area contributed by atoms with Gasteiger partial charge in [0.25, 0.3) is 0 Å². The third-order valence-corrected chi connectivity index (χ3v) is 5.41. The zero-order valence-electron chi connectivity index (χ0n) is 15.4. The average molecular weight is 363 g/mol. The van der Waals surface area contributed by atoms with Gasteiger partial charge < -0.3 is 14.7 Å². The van der Waals surface area contributed by atoms with Crippen LogP contribution in [0.15, 0.2) is 53.7 Å². The number of carbonyl (C=O) groups excluding carboxylic acids is 1. The Kier molecular flexibility index (Phi) is 4.94. The van der Waals surface area contributed by atoms with Gasteiger partial charge in [0.15, 0.2) is 6.10 Å². The lowest BCUT2D eigenvalue weighted by Gasteiger charge is -2.39. The molecule has 2 heterocycles. The lowest BCUT2D eigenvalue weighted by atomic mass is 9.97. The number of hydrogen-bond donors (Lipinski definition) is 0. The van der Waals surface area contributed by atoms with Crippen LogP contribution in [-0.4, -0.2) is 29.7 Å². The normalized spacial score (nSPS) is 20.0. The molecule has 2 aliphatic rings. The van der Waals surface area contributed by atoms with E-state index in [2.05, 4.69) is 65.5 Å². The molecule has 1 saturated heterocycles. The van der Waals surface area contributed by atoms with Crippen molar-refractivity contribution in [3.05, 3.63) is 70.8 Å².